The number of hydrogen-bond donors (Lipinski definition) is 1. The van der Waals surface area contributed by atoms with Gasteiger partial charge < -0.3 is 15.0 Å². The number of pyridine rings is 2. The van der Waals surface area contributed by atoms with E-state index in [1.165, 1.54) is 0 Å². The molecule has 3 heterocycles. The number of anilines is 1. The lowest BCUT2D eigenvalue weighted by Gasteiger charge is -2.26. The number of hydrogen-bond acceptors (Lipinski definition) is 5. The molecule has 1 aliphatic heterocycles. The first kappa shape index (κ1) is 17.6. The van der Waals surface area contributed by atoms with Crippen LogP contribution in [-0.4, -0.2) is 53.6 Å². The summed E-state index contributed by atoms with van der Waals surface area (Å²) in [5.74, 6) is 0.523. The molecule has 132 valence electrons. The maximum Gasteiger partial charge on any atom is 0.255 e. The van der Waals surface area contributed by atoms with Crippen molar-refractivity contribution >= 4 is 23.3 Å². The highest BCUT2D eigenvalue weighted by Gasteiger charge is 2.19. The van der Waals surface area contributed by atoms with Crippen molar-refractivity contribution in [3.63, 3.8) is 0 Å². The van der Waals surface area contributed by atoms with Gasteiger partial charge in [0.1, 0.15) is 5.82 Å². The molecule has 1 saturated heterocycles. The van der Waals surface area contributed by atoms with Crippen LogP contribution in [0.4, 0.5) is 5.82 Å². The lowest BCUT2D eigenvalue weighted by molar-refractivity contribution is 0.0302. The molecule has 0 radical (unpaired) electrons. The predicted molar refractivity (Wildman–Crippen MR) is 97.1 cm³/mol. The van der Waals surface area contributed by atoms with Crippen molar-refractivity contribution in [2.75, 3.05) is 38.2 Å². The van der Waals surface area contributed by atoms with Crippen molar-refractivity contribution in [2.24, 2.45) is 0 Å². The molecule has 0 aromatic carbocycles. The maximum atomic E-state index is 12.4. The number of aryl methyl sites for hydroxylation is 1. The standard InChI is InChI=1S/C18H21ClN4O2/c1-13-2-3-14(11-21-13)4-5-20-17-16(19)10-15(12-22-17)18(24)23-6-8-25-9-7-23/h2-3,10-12H,4-9H2,1H3,(H,20,22). The van der Waals surface area contributed by atoms with Gasteiger partial charge in [0.15, 0.2) is 0 Å². The number of nitrogens with one attached hydrogen (secondary N) is 1. The topological polar surface area (TPSA) is 67.4 Å². The van der Waals surface area contributed by atoms with Crippen LogP contribution in [-0.2, 0) is 11.2 Å². The van der Waals surface area contributed by atoms with Gasteiger partial charge in [0, 0.05) is 37.7 Å². The molecule has 0 atom stereocenters. The Morgan fingerprint density at radius 1 is 1.28 bits per heavy atom. The van der Waals surface area contributed by atoms with E-state index in [2.05, 4.69) is 21.4 Å². The number of nitrogens with zero attached hydrogens (tertiary/aromatic N) is 3. The van der Waals surface area contributed by atoms with Crippen LogP contribution in [0.5, 0.6) is 0 Å². The molecule has 6 nitrogen and oxygen atoms in total. The Morgan fingerprint density at radius 3 is 2.76 bits per heavy atom. The van der Waals surface area contributed by atoms with Crippen LogP contribution in [0.1, 0.15) is 21.6 Å². The summed E-state index contributed by atoms with van der Waals surface area (Å²) in [5.41, 5.74) is 2.65. The van der Waals surface area contributed by atoms with Gasteiger partial charge in [-0.2, -0.15) is 0 Å². The summed E-state index contributed by atoms with van der Waals surface area (Å²) >= 11 is 6.28. The van der Waals surface area contributed by atoms with E-state index in [1.54, 1.807) is 17.2 Å². The second-order valence-corrected chi connectivity index (χ2v) is 6.35. The first-order chi connectivity index (χ1) is 12.1. The van der Waals surface area contributed by atoms with Gasteiger partial charge in [-0.15, -0.1) is 0 Å². The van der Waals surface area contributed by atoms with Gasteiger partial charge in [-0.1, -0.05) is 17.7 Å². The molecule has 0 unspecified atom stereocenters. The van der Waals surface area contributed by atoms with Crippen molar-refractivity contribution in [1.29, 1.82) is 0 Å². The van der Waals surface area contributed by atoms with Crippen LogP contribution < -0.4 is 5.32 Å². The molecule has 0 spiro atoms. The second kappa shape index (κ2) is 8.27. The molecule has 1 N–H and O–H groups in total. The molecular weight excluding hydrogens is 340 g/mol. The van der Waals surface area contributed by atoms with Crippen molar-refractivity contribution in [1.82, 2.24) is 14.9 Å². The van der Waals surface area contributed by atoms with Gasteiger partial charge >= 0.3 is 0 Å². The lowest BCUT2D eigenvalue weighted by Crippen LogP contribution is -2.40. The minimum absolute atomic E-state index is 0.0602. The van der Waals surface area contributed by atoms with E-state index in [0.29, 0.717) is 49.3 Å². The maximum absolute atomic E-state index is 12.4. The van der Waals surface area contributed by atoms with Crippen molar-refractivity contribution in [3.8, 4) is 0 Å². The number of carbonyl (C=O) groups is 1. The zero-order chi connectivity index (χ0) is 17.6. The van der Waals surface area contributed by atoms with Crippen LogP contribution in [0.25, 0.3) is 0 Å². The fourth-order valence-electron chi connectivity index (χ4n) is 2.61. The monoisotopic (exact) mass is 360 g/mol. The molecule has 1 aliphatic rings. The van der Waals surface area contributed by atoms with Gasteiger partial charge in [-0.05, 0) is 31.0 Å². The predicted octanol–water partition coefficient (Wildman–Crippen LogP) is 2.57. The third kappa shape index (κ3) is 4.67. The minimum Gasteiger partial charge on any atom is -0.378 e. The number of amides is 1. The number of rotatable bonds is 5. The fraction of sp³-hybridized carbons (Fsp3) is 0.389. The summed E-state index contributed by atoms with van der Waals surface area (Å²) in [4.78, 5) is 22.8. The molecule has 0 saturated carbocycles. The van der Waals surface area contributed by atoms with E-state index in [1.807, 2.05) is 19.2 Å². The van der Waals surface area contributed by atoms with E-state index in [-0.39, 0.29) is 5.91 Å². The van der Waals surface area contributed by atoms with Gasteiger partial charge in [0.05, 0.1) is 23.8 Å². The van der Waals surface area contributed by atoms with Gasteiger partial charge in [0.25, 0.3) is 5.91 Å². The Labute approximate surface area is 152 Å². The highest BCUT2D eigenvalue weighted by molar-refractivity contribution is 6.33. The fourth-order valence-corrected chi connectivity index (χ4v) is 2.84. The number of aromatic nitrogens is 2. The normalized spacial score (nSPS) is 14.4. The van der Waals surface area contributed by atoms with Gasteiger partial charge in [-0.3, -0.25) is 9.78 Å². The van der Waals surface area contributed by atoms with Crippen molar-refractivity contribution in [2.45, 2.75) is 13.3 Å². The molecule has 0 bridgehead atoms. The highest BCUT2D eigenvalue weighted by Crippen LogP contribution is 2.21. The van der Waals surface area contributed by atoms with Crippen LogP contribution in [0.2, 0.25) is 5.02 Å². The van der Waals surface area contributed by atoms with Crippen LogP contribution in [0.15, 0.2) is 30.6 Å². The van der Waals surface area contributed by atoms with E-state index in [0.717, 1.165) is 17.7 Å². The molecule has 25 heavy (non-hydrogen) atoms. The molecule has 3 rings (SSSR count). The zero-order valence-corrected chi connectivity index (χ0v) is 14.9. The summed E-state index contributed by atoms with van der Waals surface area (Å²) < 4.78 is 5.27. The van der Waals surface area contributed by atoms with Crippen molar-refractivity contribution in [3.05, 3.63) is 52.4 Å². The Hall–Kier alpha value is -2.18. The van der Waals surface area contributed by atoms with E-state index < -0.39 is 0 Å². The summed E-state index contributed by atoms with van der Waals surface area (Å²) in [7, 11) is 0. The zero-order valence-electron chi connectivity index (χ0n) is 14.2. The Bertz CT molecular complexity index is 730. The summed E-state index contributed by atoms with van der Waals surface area (Å²) in [6.07, 6.45) is 4.26. The molecule has 7 heteroatoms. The van der Waals surface area contributed by atoms with Crippen LogP contribution in [0, 0.1) is 6.92 Å². The third-order valence-electron chi connectivity index (χ3n) is 4.07. The SMILES string of the molecule is Cc1ccc(CCNc2ncc(C(=O)N3CCOCC3)cc2Cl)cn1. The summed E-state index contributed by atoms with van der Waals surface area (Å²) in [5, 5.41) is 3.65. The lowest BCUT2D eigenvalue weighted by atomic mass is 10.2. The molecule has 2 aromatic heterocycles. The quantitative estimate of drug-likeness (QED) is 0.887. The summed E-state index contributed by atoms with van der Waals surface area (Å²) in [6, 6.07) is 5.72. The van der Waals surface area contributed by atoms with Crippen molar-refractivity contribution < 1.29 is 9.53 Å². The molecule has 2 aromatic rings. The van der Waals surface area contributed by atoms with E-state index in [4.69, 9.17) is 16.3 Å². The average molecular weight is 361 g/mol. The van der Waals surface area contributed by atoms with E-state index >= 15 is 0 Å². The number of ether oxygens (including phenoxy) is 1. The van der Waals surface area contributed by atoms with Gasteiger partial charge in [-0.25, -0.2) is 4.98 Å². The van der Waals surface area contributed by atoms with E-state index in [9.17, 15) is 4.79 Å². The second-order valence-electron chi connectivity index (χ2n) is 5.94. The van der Waals surface area contributed by atoms with Gasteiger partial charge in [0.2, 0.25) is 0 Å². The van der Waals surface area contributed by atoms with Crippen LogP contribution >= 0.6 is 11.6 Å². The number of morpholine rings is 1. The third-order valence-corrected chi connectivity index (χ3v) is 4.35. The first-order valence-corrected chi connectivity index (χ1v) is 8.69. The number of carbonyl (C=O) groups excluding carboxylic acids is 1. The Morgan fingerprint density at radius 2 is 2.08 bits per heavy atom. The first-order valence-electron chi connectivity index (χ1n) is 8.31. The minimum atomic E-state index is -0.0602. The summed E-state index contributed by atoms with van der Waals surface area (Å²) in [6.45, 7) is 4.99. The Kier molecular flexibility index (Phi) is 5.83. The molecule has 1 amide bonds. The molecule has 0 aliphatic carbocycles. The Balaban J connectivity index is 1.57. The smallest absolute Gasteiger partial charge is 0.255 e. The largest absolute Gasteiger partial charge is 0.378 e. The molecular formula is C18H21ClN4O2. The highest BCUT2D eigenvalue weighted by atomic mass is 35.5. The average Bonchev–Trinajstić information content (AvgIpc) is 2.65. The molecule has 1 fully saturated rings. The van der Waals surface area contributed by atoms with Crippen LogP contribution in [0.3, 0.4) is 0 Å². The number of halogens is 1.